The molecule has 4 aliphatic rings. The fraction of sp³-hybridized carbons (Fsp3) is 0.773. The number of rotatable bonds is 8. The third kappa shape index (κ3) is 5.06. The largest absolute Gasteiger partial charge is 0.459 e. The van der Waals surface area contributed by atoms with E-state index in [4.69, 9.17) is 4.74 Å². The molecule has 174 valence electrons. The molecule has 0 aromatic carbocycles. The minimum atomic E-state index is -5.16. The van der Waals surface area contributed by atoms with Crippen LogP contribution in [0.5, 0.6) is 0 Å². The molecule has 0 N–H and O–H groups in total. The fourth-order valence-electron chi connectivity index (χ4n) is 5.82. The summed E-state index contributed by atoms with van der Waals surface area (Å²) in [6.45, 7) is 4.22. The Kier molecular flexibility index (Phi) is 6.45. The molecule has 0 aliphatic heterocycles. The Hall–Kier alpha value is -2.06. The van der Waals surface area contributed by atoms with Crippen molar-refractivity contribution in [2.24, 2.45) is 23.2 Å². The van der Waals surface area contributed by atoms with Crippen LogP contribution < -0.4 is 0 Å². The molecule has 0 saturated heterocycles. The van der Waals surface area contributed by atoms with Gasteiger partial charge in [-0.2, -0.15) is 13.2 Å². The first kappa shape index (κ1) is 23.6. The average molecular weight is 446 g/mol. The normalized spacial score (nSPS) is 30.9. The quantitative estimate of drug-likeness (QED) is 0.242. The summed E-state index contributed by atoms with van der Waals surface area (Å²) in [4.78, 5) is 36.1. The van der Waals surface area contributed by atoms with E-state index in [1.165, 1.54) is 6.92 Å². The number of hydrogen-bond donors (Lipinski definition) is 0. The van der Waals surface area contributed by atoms with Crippen molar-refractivity contribution in [3.05, 3.63) is 12.2 Å². The van der Waals surface area contributed by atoms with Gasteiger partial charge in [0, 0.05) is 5.57 Å². The number of alkyl halides is 3. The maximum absolute atomic E-state index is 13.7. The molecule has 4 fully saturated rings. The lowest BCUT2D eigenvalue weighted by molar-refractivity contribution is -0.267. The van der Waals surface area contributed by atoms with Gasteiger partial charge >= 0.3 is 24.1 Å². The summed E-state index contributed by atoms with van der Waals surface area (Å²) in [5, 5.41) is 0. The summed E-state index contributed by atoms with van der Waals surface area (Å²) in [6.07, 6.45) is 0.617. The van der Waals surface area contributed by atoms with Gasteiger partial charge in [0.2, 0.25) is 0 Å². The summed E-state index contributed by atoms with van der Waals surface area (Å²) >= 11 is 0. The molecule has 0 spiro atoms. The van der Waals surface area contributed by atoms with E-state index in [-0.39, 0.29) is 17.4 Å². The molecular weight excluding hydrogens is 417 g/mol. The van der Waals surface area contributed by atoms with Gasteiger partial charge in [-0.3, -0.25) is 4.79 Å². The SMILES string of the molecule is C=C(C)C(=O)OCCOC(=O)C(C)(OC(=O)CC12CC3CC(CC(C3)C1)C2)C(F)(F)F. The lowest BCUT2D eigenvalue weighted by atomic mass is 9.49. The molecule has 4 bridgehead atoms. The van der Waals surface area contributed by atoms with E-state index in [0.29, 0.717) is 24.7 Å². The highest BCUT2D eigenvalue weighted by molar-refractivity contribution is 5.87. The molecule has 4 rings (SSSR count). The molecule has 4 saturated carbocycles. The molecule has 4 aliphatic carbocycles. The highest BCUT2D eigenvalue weighted by Crippen LogP contribution is 2.61. The summed E-state index contributed by atoms with van der Waals surface area (Å²) < 4.78 is 55.1. The third-order valence-electron chi connectivity index (χ3n) is 6.83. The highest BCUT2D eigenvalue weighted by atomic mass is 19.4. The van der Waals surface area contributed by atoms with Crippen LogP contribution in [0.2, 0.25) is 0 Å². The third-order valence-corrected chi connectivity index (χ3v) is 6.83. The van der Waals surface area contributed by atoms with Crippen LogP contribution in [0.25, 0.3) is 0 Å². The predicted molar refractivity (Wildman–Crippen MR) is 103 cm³/mol. The number of carbonyl (C=O) groups is 3. The van der Waals surface area contributed by atoms with Gasteiger partial charge in [0.15, 0.2) is 0 Å². The Labute approximate surface area is 179 Å². The maximum Gasteiger partial charge on any atom is 0.439 e. The first-order valence-electron chi connectivity index (χ1n) is 10.6. The van der Waals surface area contributed by atoms with Crippen LogP contribution in [-0.2, 0) is 28.6 Å². The number of halogens is 3. The van der Waals surface area contributed by atoms with E-state index < -0.39 is 42.9 Å². The lowest BCUT2D eigenvalue weighted by Crippen LogP contribution is -2.55. The van der Waals surface area contributed by atoms with Crippen LogP contribution in [0.4, 0.5) is 13.2 Å². The zero-order chi connectivity index (χ0) is 23.0. The maximum atomic E-state index is 13.7. The van der Waals surface area contributed by atoms with Gasteiger partial charge < -0.3 is 14.2 Å². The summed E-state index contributed by atoms with van der Waals surface area (Å²) in [5.74, 6) is -1.95. The van der Waals surface area contributed by atoms with Gasteiger partial charge in [-0.1, -0.05) is 6.58 Å². The number of esters is 3. The van der Waals surface area contributed by atoms with E-state index in [9.17, 15) is 27.6 Å². The van der Waals surface area contributed by atoms with Gasteiger partial charge in [-0.05, 0) is 75.5 Å². The van der Waals surface area contributed by atoms with Gasteiger partial charge in [0.25, 0.3) is 5.60 Å². The Morgan fingerprint density at radius 3 is 1.90 bits per heavy atom. The Morgan fingerprint density at radius 1 is 0.968 bits per heavy atom. The van der Waals surface area contributed by atoms with Gasteiger partial charge in [-0.25, -0.2) is 9.59 Å². The van der Waals surface area contributed by atoms with E-state index in [1.54, 1.807) is 0 Å². The molecule has 0 aromatic rings. The van der Waals surface area contributed by atoms with E-state index in [1.807, 2.05) is 0 Å². The van der Waals surface area contributed by atoms with Crippen LogP contribution in [-0.4, -0.2) is 42.9 Å². The van der Waals surface area contributed by atoms with Crippen molar-refractivity contribution in [3.8, 4) is 0 Å². The second-order valence-electron chi connectivity index (χ2n) is 9.65. The van der Waals surface area contributed by atoms with Gasteiger partial charge in [0.1, 0.15) is 13.2 Å². The standard InChI is InChI=1S/C22H29F3O6/c1-13(2)18(27)29-4-5-30-19(28)20(3,22(23,24)25)31-17(26)12-21-9-14-6-15(10-21)8-16(7-14)11-21/h14-16H,1,4-12H2,2-3H3. The van der Waals surface area contributed by atoms with E-state index in [2.05, 4.69) is 16.1 Å². The number of hydrogen-bond acceptors (Lipinski definition) is 6. The number of carbonyl (C=O) groups excluding carboxylic acids is 3. The fourth-order valence-corrected chi connectivity index (χ4v) is 5.82. The Morgan fingerprint density at radius 2 is 1.45 bits per heavy atom. The molecule has 0 heterocycles. The van der Waals surface area contributed by atoms with Crippen LogP contribution in [0.3, 0.4) is 0 Å². The smallest absolute Gasteiger partial charge is 0.439 e. The molecule has 0 radical (unpaired) electrons. The van der Waals surface area contributed by atoms with Gasteiger partial charge in [0.05, 0.1) is 6.42 Å². The predicted octanol–water partition coefficient (Wildman–Crippen LogP) is 4.12. The first-order valence-corrected chi connectivity index (χ1v) is 10.6. The van der Waals surface area contributed by atoms with Crippen LogP contribution >= 0.6 is 0 Å². The van der Waals surface area contributed by atoms with Crippen LogP contribution in [0, 0.1) is 23.2 Å². The van der Waals surface area contributed by atoms with Crippen molar-refractivity contribution >= 4 is 17.9 Å². The van der Waals surface area contributed by atoms with E-state index in [0.717, 1.165) is 38.5 Å². The molecule has 1 atom stereocenters. The first-order chi connectivity index (χ1) is 14.3. The molecule has 0 aromatic heterocycles. The molecule has 1 unspecified atom stereocenters. The van der Waals surface area contributed by atoms with Crippen molar-refractivity contribution in [2.75, 3.05) is 13.2 Å². The van der Waals surface area contributed by atoms with Crippen molar-refractivity contribution < 1.29 is 41.8 Å². The Balaban J connectivity index is 1.59. The topological polar surface area (TPSA) is 78.9 Å². The molecule has 31 heavy (non-hydrogen) atoms. The molecule has 6 nitrogen and oxygen atoms in total. The van der Waals surface area contributed by atoms with Crippen molar-refractivity contribution in [3.63, 3.8) is 0 Å². The highest BCUT2D eigenvalue weighted by Gasteiger charge is 2.62. The van der Waals surface area contributed by atoms with Crippen molar-refractivity contribution in [1.29, 1.82) is 0 Å². The minimum Gasteiger partial charge on any atom is -0.459 e. The van der Waals surface area contributed by atoms with Crippen LogP contribution in [0.15, 0.2) is 12.2 Å². The van der Waals surface area contributed by atoms with Gasteiger partial charge in [-0.15, -0.1) is 0 Å². The molecule has 0 amide bonds. The summed E-state index contributed by atoms with van der Waals surface area (Å²) in [7, 11) is 0. The zero-order valence-corrected chi connectivity index (χ0v) is 17.9. The average Bonchev–Trinajstić information content (AvgIpc) is 2.61. The van der Waals surface area contributed by atoms with Crippen molar-refractivity contribution in [1.82, 2.24) is 0 Å². The second-order valence-corrected chi connectivity index (χ2v) is 9.65. The lowest BCUT2D eigenvalue weighted by Gasteiger charge is -2.56. The van der Waals surface area contributed by atoms with Crippen molar-refractivity contribution in [2.45, 2.75) is 70.6 Å². The monoisotopic (exact) mass is 446 g/mol. The van der Waals surface area contributed by atoms with E-state index >= 15 is 0 Å². The molecular formula is C22H29F3O6. The molecule has 9 heteroatoms. The zero-order valence-electron chi connectivity index (χ0n) is 17.9. The summed E-state index contributed by atoms with van der Waals surface area (Å²) in [6, 6.07) is 0. The number of ether oxygens (including phenoxy) is 3. The summed E-state index contributed by atoms with van der Waals surface area (Å²) in [5.41, 5.74) is -3.64. The Bertz CT molecular complexity index is 724. The van der Waals surface area contributed by atoms with Crippen LogP contribution in [0.1, 0.15) is 58.8 Å². The second kappa shape index (κ2) is 8.47. The minimum absolute atomic E-state index is 0.102.